The maximum absolute atomic E-state index is 14.7. The Hall–Kier alpha value is -6.68. The van der Waals surface area contributed by atoms with Gasteiger partial charge in [-0.3, -0.25) is 14.9 Å². The summed E-state index contributed by atoms with van der Waals surface area (Å²) in [5, 5.41) is 11.2. The first kappa shape index (κ1) is 43.9. The number of β-lactam (4-membered cyclic amide) rings is 1. The molecule has 6 aromatic rings. The third-order valence-electron chi connectivity index (χ3n) is 10.5. The number of aromatic nitrogens is 1. The number of ether oxygens (including phenoxy) is 2. The predicted molar refractivity (Wildman–Crippen MR) is 251 cm³/mol. The van der Waals surface area contributed by atoms with E-state index < -0.39 is 51.6 Å². The van der Waals surface area contributed by atoms with Crippen molar-refractivity contribution in [2.24, 2.45) is 5.16 Å². The van der Waals surface area contributed by atoms with E-state index in [4.69, 9.17) is 31.5 Å². The molecule has 5 aromatic carbocycles. The molecule has 3 amide bonds. The predicted octanol–water partition coefficient (Wildman–Crippen LogP) is 9.13. The molecule has 2 unspecified atom stereocenters. The zero-order valence-electron chi connectivity index (χ0n) is 35.0. The van der Waals surface area contributed by atoms with Crippen LogP contribution in [0.1, 0.15) is 66.8 Å². The van der Waals surface area contributed by atoms with Gasteiger partial charge in [-0.2, -0.15) is 0 Å². The molecule has 0 bridgehead atoms. The van der Waals surface area contributed by atoms with Gasteiger partial charge in [0, 0.05) is 22.1 Å². The highest BCUT2D eigenvalue weighted by Crippen LogP contribution is 2.51. The van der Waals surface area contributed by atoms with Crippen LogP contribution in [-0.4, -0.2) is 61.9 Å². The summed E-state index contributed by atoms with van der Waals surface area (Å²) < 4.78 is 11.8. The number of thiocarbonyl (C=S) groups is 1. The number of fused-ring (bicyclic) bond motifs is 1. The van der Waals surface area contributed by atoms with Gasteiger partial charge in [0.25, 0.3) is 5.91 Å². The fraction of sp³-hybridized carbons (Fsp3) is 0.204. The van der Waals surface area contributed by atoms with Crippen LogP contribution in [0.4, 0.5) is 9.93 Å². The van der Waals surface area contributed by atoms with Crippen molar-refractivity contribution in [3.05, 3.63) is 191 Å². The van der Waals surface area contributed by atoms with Crippen molar-refractivity contribution in [1.82, 2.24) is 15.2 Å². The number of thioether (sulfide) groups is 1. The molecular formula is C49H43N5O7S3. The Bertz CT molecular complexity index is 2530. The van der Waals surface area contributed by atoms with Gasteiger partial charge in [0.15, 0.2) is 22.1 Å². The highest BCUT2D eigenvalue weighted by atomic mass is 32.2. The summed E-state index contributed by atoms with van der Waals surface area (Å²) in [4.78, 5) is 66.3. The van der Waals surface area contributed by atoms with Gasteiger partial charge in [0.05, 0.1) is 22.4 Å². The fourth-order valence-electron chi connectivity index (χ4n) is 7.64. The topological polar surface area (TPSA) is 149 Å². The van der Waals surface area contributed by atoms with Gasteiger partial charge < -0.3 is 24.5 Å². The fourth-order valence-corrected chi connectivity index (χ4v) is 10.6. The Kier molecular flexibility index (Phi) is 12.8. The molecule has 0 aliphatic carbocycles. The number of amides is 3. The lowest BCUT2D eigenvalue weighted by Gasteiger charge is -2.54. The number of esters is 1. The number of nitrogens with zero attached hydrogens (tertiary/aromatic N) is 3. The normalized spacial score (nSPS) is 18.5. The molecule has 8 rings (SSSR count). The molecule has 64 heavy (non-hydrogen) atoms. The minimum atomic E-state index is -1.72. The number of hydrogen-bond acceptors (Lipinski definition) is 12. The summed E-state index contributed by atoms with van der Waals surface area (Å²) in [6.07, 6.45) is -0.530. The smallest absolute Gasteiger partial charge is 0.413 e. The number of carbonyl (C=O) groups excluding carboxylic acids is 4. The van der Waals surface area contributed by atoms with E-state index in [1.165, 1.54) is 4.90 Å². The van der Waals surface area contributed by atoms with E-state index in [0.717, 1.165) is 46.0 Å². The van der Waals surface area contributed by atoms with Crippen LogP contribution >= 0.6 is 35.3 Å². The van der Waals surface area contributed by atoms with Crippen molar-refractivity contribution in [2.45, 2.75) is 60.8 Å². The zero-order valence-corrected chi connectivity index (χ0v) is 37.4. The van der Waals surface area contributed by atoms with Crippen LogP contribution in [0.15, 0.2) is 162 Å². The Morgan fingerprint density at radius 1 is 0.812 bits per heavy atom. The van der Waals surface area contributed by atoms with E-state index in [9.17, 15) is 19.2 Å². The van der Waals surface area contributed by atoms with Gasteiger partial charge in [-0.1, -0.05) is 181 Å². The lowest BCUT2D eigenvalue weighted by molar-refractivity contribution is -0.161. The molecule has 324 valence electrons. The van der Waals surface area contributed by atoms with Gasteiger partial charge in [0.1, 0.15) is 11.8 Å². The van der Waals surface area contributed by atoms with Crippen molar-refractivity contribution >= 4 is 75.4 Å². The molecule has 3 atom stereocenters. The van der Waals surface area contributed by atoms with Crippen LogP contribution in [-0.2, 0) is 39.2 Å². The minimum Gasteiger partial charge on any atom is -0.451 e. The number of carbonyl (C=O) groups is 4. The van der Waals surface area contributed by atoms with E-state index in [-0.39, 0.29) is 28.0 Å². The summed E-state index contributed by atoms with van der Waals surface area (Å²) in [6, 6.07) is 45.8. The van der Waals surface area contributed by atoms with Crippen LogP contribution < -0.4 is 10.6 Å². The van der Waals surface area contributed by atoms with E-state index in [1.54, 1.807) is 26.2 Å². The molecule has 2 aliphatic heterocycles. The highest BCUT2D eigenvalue weighted by molar-refractivity contribution is 8.03. The number of benzene rings is 5. The van der Waals surface area contributed by atoms with Crippen LogP contribution in [0.25, 0.3) is 0 Å². The number of hydrogen-bond donors (Lipinski definition) is 2. The van der Waals surface area contributed by atoms with Gasteiger partial charge in [-0.05, 0) is 31.9 Å². The van der Waals surface area contributed by atoms with Crippen molar-refractivity contribution in [1.29, 1.82) is 0 Å². The number of thiazole rings is 1. The third kappa shape index (κ3) is 9.05. The molecular weight excluding hydrogens is 867 g/mol. The molecule has 12 nitrogen and oxygen atoms in total. The summed E-state index contributed by atoms with van der Waals surface area (Å²) in [5.74, 6) is -1.85. The van der Waals surface area contributed by atoms with Gasteiger partial charge in [0.2, 0.25) is 11.5 Å². The van der Waals surface area contributed by atoms with Crippen molar-refractivity contribution in [3.8, 4) is 0 Å². The minimum absolute atomic E-state index is 0.0492. The van der Waals surface area contributed by atoms with Crippen LogP contribution in [0.3, 0.4) is 0 Å². The monoisotopic (exact) mass is 909 g/mol. The van der Waals surface area contributed by atoms with Crippen LogP contribution in [0.5, 0.6) is 0 Å². The summed E-state index contributed by atoms with van der Waals surface area (Å²) in [6.45, 7) is 5.21. The lowest BCUT2D eigenvalue weighted by Crippen LogP contribution is -2.71. The van der Waals surface area contributed by atoms with Gasteiger partial charge in [-0.25, -0.2) is 14.6 Å². The molecule has 0 radical (unpaired) electrons. The first-order valence-corrected chi connectivity index (χ1v) is 22.5. The standard InChI is InChI=1S/C49H43N5O7S3/c1-47(2,3)60-46(58)52-45-51-37(31-63-45)49(53-38(55)30-50-61-48(34-23-13-6-14-24-34,35-25-15-7-16-26-35)36-27-17-8-18-28-36)43(62)41(54-39(56)29-40(54)64-49)44(57)59-42(32-19-9-4-10-20-32)33-21-11-5-12-22-33/h4-28,30-31,40-42H,29H2,1-3H3,(H,53,55)(H,51,52,58)/t40-,41?,49?/m0/s1. The zero-order chi connectivity index (χ0) is 44.9. The Balaban J connectivity index is 1.16. The molecule has 2 N–H and O–H groups in total. The maximum Gasteiger partial charge on any atom is 0.413 e. The lowest BCUT2D eigenvalue weighted by atomic mass is 9.80. The summed E-state index contributed by atoms with van der Waals surface area (Å²) in [7, 11) is 0. The number of oxime groups is 1. The second-order valence-electron chi connectivity index (χ2n) is 15.9. The molecule has 0 saturated carbocycles. The van der Waals surface area contributed by atoms with E-state index in [1.807, 2.05) is 152 Å². The van der Waals surface area contributed by atoms with Crippen LogP contribution in [0.2, 0.25) is 0 Å². The largest absolute Gasteiger partial charge is 0.451 e. The average Bonchev–Trinajstić information content (AvgIpc) is 3.77. The summed E-state index contributed by atoms with van der Waals surface area (Å²) >= 11 is 8.44. The Morgan fingerprint density at radius 2 is 1.31 bits per heavy atom. The second kappa shape index (κ2) is 18.6. The molecule has 3 heterocycles. The maximum atomic E-state index is 14.7. The summed E-state index contributed by atoms with van der Waals surface area (Å²) in [5.41, 5.74) is 1.83. The number of anilines is 1. The first-order valence-electron chi connectivity index (χ1n) is 20.4. The second-order valence-corrected chi connectivity index (χ2v) is 18.6. The molecule has 2 fully saturated rings. The molecule has 15 heteroatoms. The van der Waals surface area contributed by atoms with Crippen molar-refractivity contribution in [3.63, 3.8) is 0 Å². The quantitative estimate of drug-likeness (QED) is 0.0287. The molecule has 1 aromatic heterocycles. The SMILES string of the molecule is CC(C)(C)OC(=O)Nc1nc(C2(NC(=O)C=NOC(c3ccccc3)(c3ccccc3)c3ccccc3)S[C@H]3CC(=O)N3C(C(=O)OC(c3ccccc3)c3ccccc3)C2=S)cs1. The molecule has 2 saturated heterocycles. The first-order chi connectivity index (χ1) is 30.9. The average molecular weight is 910 g/mol. The van der Waals surface area contributed by atoms with E-state index in [0.29, 0.717) is 11.1 Å². The third-order valence-corrected chi connectivity index (χ3v) is 13.4. The molecule has 0 spiro atoms. The number of nitrogens with one attached hydrogen (secondary N) is 2. The van der Waals surface area contributed by atoms with Crippen LogP contribution in [0, 0.1) is 0 Å². The van der Waals surface area contributed by atoms with Gasteiger partial charge in [-0.15, -0.1) is 11.3 Å². The van der Waals surface area contributed by atoms with E-state index >= 15 is 0 Å². The highest BCUT2D eigenvalue weighted by Gasteiger charge is 2.61. The van der Waals surface area contributed by atoms with E-state index in [2.05, 4.69) is 15.8 Å². The Labute approximate surface area is 384 Å². The Morgan fingerprint density at radius 3 is 1.80 bits per heavy atom. The number of rotatable bonds is 13. The van der Waals surface area contributed by atoms with Crippen molar-refractivity contribution in [2.75, 3.05) is 5.32 Å². The van der Waals surface area contributed by atoms with Crippen molar-refractivity contribution < 1.29 is 33.5 Å². The van der Waals surface area contributed by atoms with Gasteiger partial charge >= 0.3 is 12.1 Å². The molecule has 2 aliphatic rings.